The second-order valence-electron chi connectivity index (χ2n) is 5.32. The molecule has 18 heteroatoms. The highest BCUT2D eigenvalue weighted by molar-refractivity contribution is 6.33. The standard InChI is InChI=1S/C11H2ClF13N4/c12-3-2-4(27-1-26-3)29-5(28-2)6(13,14)7(15,16)8(17,18)9(19,20)10(21,22)11(23,24)25/h1H,(H,26,27,28,29). The Kier molecular flexibility index (Phi) is 4.97. The van der Waals surface area contributed by atoms with Crippen molar-refractivity contribution in [3.05, 3.63) is 17.3 Å². The molecule has 0 atom stereocenters. The number of H-pyrrole nitrogens is 1. The molecule has 1 N–H and O–H groups in total. The van der Waals surface area contributed by atoms with Crippen molar-refractivity contribution in [2.75, 3.05) is 0 Å². The molecule has 0 fully saturated rings. The summed E-state index contributed by atoms with van der Waals surface area (Å²) in [6.07, 6.45) is -6.94. The van der Waals surface area contributed by atoms with Crippen molar-refractivity contribution < 1.29 is 57.1 Å². The van der Waals surface area contributed by atoms with Crippen LogP contribution in [-0.2, 0) is 5.92 Å². The van der Waals surface area contributed by atoms with Crippen LogP contribution < -0.4 is 0 Å². The number of alkyl halides is 13. The lowest BCUT2D eigenvalue weighted by Crippen LogP contribution is -2.69. The molecule has 0 aliphatic carbocycles. The van der Waals surface area contributed by atoms with Crippen LogP contribution in [0.5, 0.6) is 0 Å². The van der Waals surface area contributed by atoms with Crippen molar-refractivity contribution in [3.63, 3.8) is 0 Å². The molecule has 0 unspecified atom stereocenters. The number of aromatic amines is 1. The van der Waals surface area contributed by atoms with E-state index in [-0.39, 0.29) is 0 Å². The van der Waals surface area contributed by atoms with Crippen LogP contribution >= 0.6 is 11.6 Å². The first kappa shape index (κ1) is 23.2. The maximum Gasteiger partial charge on any atom is 0.460 e. The van der Waals surface area contributed by atoms with E-state index < -0.39 is 57.9 Å². The molecule has 0 aromatic carbocycles. The van der Waals surface area contributed by atoms with Crippen LogP contribution in [0.2, 0.25) is 5.15 Å². The summed E-state index contributed by atoms with van der Waals surface area (Å²) < 4.78 is 170. The molecular weight excluding hydrogens is 471 g/mol. The number of hydrogen-bond donors (Lipinski definition) is 1. The van der Waals surface area contributed by atoms with Crippen LogP contribution in [0, 0.1) is 0 Å². The Bertz CT molecular complexity index is 919. The fraction of sp³-hybridized carbons (Fsp3) is 0.545. The summed E-state index contributed by atoms with van der Waals surface area (Å²) >= 11 is 5.36. The molecule has 0 bridgehead atoms. The van der Waals surface area contributed by atoms with Gasteiger partial charge in [0.1, 0.15) is 11.8 Å². The number of imidazole rings is 1. The first-order valence-electron chi connectivity index (χ1n) is 6.56. The third kappa shape index (κ3) is 2.95. The summed E-state index contributed by atoms with van der Waals surface area (Å²) in [5.41, 5.74) is -1.82. The zero-order valence-corrected chi connectivity index (χ0v) is 13.5. The molecule has 0 aliphatic heterocycles. The van der Waals surface area contributed by atoms with E-state index in [0.717, 1.165) is 0 Å². The van der Waals surface area contributed by atoms with E-state index in [0.29, 0.717) is 6.33 Å². The van der Waals surface area contributed by atoms with Gasteiger partial charge in [0, 0.05) is 0 Å². The molecule has 0 spiro atoms. The quantitative estimate of drug-likeness (QED) is 0.481. The molecule has 2 rings (SSSR count). The Morgan fingerprint density at radius 2 is 1.17 bits per heavy atom. The number of fused-ring (bicyclic) bond motifs is 1. The van der Waals surface area contributed by atoms with Crippen LogP contribution in [-0.4, -0.2) is 49.8 Å². The minimum absolute atomic E-state index is 0.540. The molecule has 2 heterocycles. The molecule has 0 amide bonds. The summed E-state index contributed by atoms with van der Waals surface area (Å²) in [5, 5.41) is -0.770. The van der Waals surface area contributed by atoms with Gasteiger partial charge in [-0.2, -0.15) is 57.1 Å². The van der Waals surface area contributed by atoms with Gasteiger partial charge in [0.15, 0.2) is 16.6 Å². The van der Waals surface area contributed by atoms with Crippen LogP contribution in [0.3, 0.4) is 0 Å². The van der Waals surface area contributed by atoms with Crippen LogP contribution in [0.15, 0.2) is 6.33 Å². The first-order valence-corrected chi connectivity index (χ1v) is 6.93. The van der Waals surface area contributed by atoms with E-state index in [1.54, 1.807) is 0 Å². The fourth-order valence-corrected chi connectivity index (χ4v) is 2.04. The smallest absolute Gasteiger partial charge is 0.333 e. The minimum atomic E-state index is -7.99. The van der Waals surface area contributed by atoms with Crippen LogP contribution in [0.4, 0.5) is 57.1 Å². The molecule has 0 saturated carbocycles. The van der Waals surface area contributed by atoms with Gasteiger partial charge in [-0.05, 0) is 0 Å². The minimum Gasteiger partial charge on any atom is -0.333 e. The molecule has 2 aromatic rings. The Labute approximate surface area is 154 Å². The molecule has 0 saturated heterocycles. The average molecular weight is 473 g/mol. The molecule has 2 aromatic heterocycles. The third-order valence-electron chi connectivity index (χ3n) is 3.47. The molecule has 4 nitrogen and oxygen atoms in total. The second kappa shape index (κ2) is 6.21. The first-order chi connectivity index (χ1) is 12.7. The number of hydrogen-bond acceptors (Lipinski definition) is 3. The van der Waals surface area contributed by atoms with Gasteiger partial charge in [-0.25, -0.2) is 15.0 Å². The molecule has 0 aliphatic rings. The third-order valence-corrected chi connectivity index (χ3v) is 3.76. The topological polar surface area (TPSA) is 54.5 Å². The summed E-state index contributed by atoms with van der Waals surface area (Å²) in [6.45, 7) is 0. The van der Waals surface area contributed by atoms with Crippen molar-refractivity contribution in [2.24, 2.45) is 0 Å². The normalized spacial score (nSPS) is 15.2. The predicted octanol–water partition coefficient (Wildman–Crippen LogP) is 5.20. The Hall–Kier alpha value is -2.07. The van der Waals surface area contributed by atoms with Crippen molar-refractivity contribution in [1.82, 2.24) is 19.9 Å². The number of nitrogens with one attached hydrogen (secondary N) is 1. The van der Waals surface area contributed by atoms with Crippen molar-refractivity contribution in [2.45, 2.75) is 35.8 Å². The molecular formula is C11H2ClF13N4. The maximum atomic E-state index is 13.9. The SMILES string of the molecule is FC(F)(F)C(F)(F)C(F)(F)C(F)(F)C(F)(F)C(F)(F)c1nc2ncnc(Cl)c2[nH]1. The lowest BCUT2D eigenvalue weighted by atomic mass is 9.93. The van der Waals surface area contributed by atoms with Gasteiger partial charge >= 0.3 is 35.8 Å². The summed E-state index contributed by atoms with van der Waals surface area (Å²) in [6, 6.07) is 0. The Morgan fingerprint density at radius 1 is 0.690 bits per heavy atom. The van der Waals surface area contributed by atoms with E-state index >= 15 is 0 Å². The number of nitrogens with zero attached hydrogens (tertiary/aromatic N) is 3. The molecule has 29 heavy (non-hydrogen) atoms. The molecule has 164 valence electrons. The second-order valence-corrected chi connectivity index (χ2v) is 5.68. The highest BCUT2D eigenvalue weighted by Gasteiger charge is 2.91. The summed E-state index contributed by atoms with van der Waals surface area (Å²) in [7, 11) is 0. The van der Waals surface area contributed by atoms with Crippen molar-refractivity contribution in [3.8, 4) is 0 Å². The monoisotopic (exact) mass is 472 g/mol. The van der Waals surface area contributed by atoms with Crippen molar-refractivity contribution in [1.29, 1.82) is 0 Å². The maximum absolute atomic E-state index is 13.9. The van der Waals surface area contributed by atoms with Gasteiger partial charge < -0.3 is 4.98 Å². The summed E-state index contributed by atoms with van der Waals surface area (Å²) in [5.74, 6) is -40.3. The average Bonchev–Trinajstić information content (AvgIpc) is 2.99. The number of aromatic nitrogens is 4. The number of halogens is 14. The number of rotatable bonds is 5. The largest absolute Gasteiger partial charge is 0.460 e. The lowest BCUT2D eigenvalue weighted by Gasteiger charge is -2.39. The Morgan fingerprint density at radius 3 is 1.62 bits per heavy atom. The zero-order chi connectivity index (χ0) is 22.8. The van der Waals surface area contributed by atoms with Gasteiger partial charge in [0.05, 0.1) is 0 Å². The van der Waals surface area contributed by atoms with Gasteiger partial charge in [-0.1, -0.05) is 11.6 Å². The van der Waals surface area contributed by atoms with Crippen molar-refractivity contribution >= 4 is 22.8 Å². The molecule has 0 radical (unpaired) electrons. The van der Waals surface area contributed by atoms with Crippen LogP contribution in [0.1, 0.15) is 5.82 Å². The van der Waals surface area contributed by atoms with E-state index in [4.69, 9.17) is 11.6 Å². The Balaban J connectivity index is 2.64. The van der Waals surface area contributed by atoms with E-state index in [9.17, 15) is 57.1 Å². The van der Waals surface area contributed by atoms with E-state index in [1.165, 1.54) is 4.98 Å². The highest BCUT2D eigenvalue weighted by atomic mass is 35.5. The van der Waals surface area contributed by atoms with Gasteiger partial charge in [-0.3, -0.25) is 0 Å². The van der Waals surface area contributed by atoms with E-state index in [2.05, 4.69) is 15.0 Å². The fourth-order valence-electron chi connectivity index (χ4n) is 1.87. The van der Waals surface area contributed by atoms with Gasteiger partial charge in [0.25, 0.3) is 0 Å². The highest BCUT2D eigenvalue weighted by Crippen LogP contribution is 2.61. The van der Waals surface area contributed by atoms with Crippen LogP contribution in [0.25, 0.3) is 11.2 Å². The predicted molar refractivity (Wildman–Crippen MR) is 66.4 cm³/mol. The van der Waals surface area contributed by atoms with Gasteiger partial charge in [0.2, 0.25) is 0 Å². The lowest BCUT2D eigenvalue weighted by molar-refractivity contribution is -0.442. The van der Waals surface area contributed by atoms with E-state index in [1.807, 2.05) is 0 Å². The summed E-state index contributed by atoms with van der Waals surface area (Å²) in [4.78, 5) is 10.1. The zero-order valence-electron chi connectivity index (χ0n) is 12.7. The van der Waals surface area contributed by atoms with Gasteiger partial charge in [-0.15, -0.1) is 0 Å².